The Balaban J connectivity index is 1.69. The minimum atomic E-state index is -1.90. The number of fused-ring (bicyclic) bond motifs is 1. The summed E-state index contributed by atoms with van der Waals surface area (Å²) in [7, 11) is -1.90. The van der Waals surface area contributed by atoms with Crippen LogP contribution in [0, 0.1) is 6.92 Å². The summed E-state index contributed by atoms with van der Waals surface area (Å²) < 4.78 is 14.9. The van der Waals surface area contributed by atoms with E-state index in [2.05, 4.69) is 70.9 Å². The Labute approximate surface area is 220 Å². The zero-order valence-corrected chi connectivity index (χ0v) is 23.9. The van der Waals surface area contributed by atoms with Crippen LogP contribution in [0.15, 0.2) is 59.4 Å². The van der Waals surface area contributed by atoms with Gasteiger partial charge < -0.3 is 19.1 Å². The van der Waals surface area contributed by atoms with E-state index in [4.69, 9.17) is 19.6 Å². The van der Waals surface area contributed by atoms with E-state index in [1.165, 1.54) is 5.56 Å². The second-order valence-corrected chi connectivity index (χ2v) is 16.2. The molecule has 0 saturated heterocycles. The van der Waals surface area contributed by atoms with E-state index in [0.29, 0.717) is 5.89 Å². The summed E-state index contributed by atoms with van der Waals surface area (Å²) in [6, 6.07) is 14.0. The van der Waals surface area contributed by atoms with Crippen LogP contribution in [0.25, 0.3) is 22.6 Å². The molecule has 0 spiro atoms. The number of carbonyl (C=O) groups is 1. The Morgan fingerprint density at radius 2 is 1.84 bits per heavy atom. The maximum Gasteiger partial charge on any atom is 0.268 e. The number of rotatable bonds is 9. The van der Waals surface area contributed by atoms with E-state index in [-0.39, 0.29) is 22.9 Å². The summed E-state index contributed by atoms with van der Waals surface area (Å²) in [5, 5.41) is 0.138. The molecule has 2 heterocycles. The summed E-state index contributed by atoms with van der Waals surface area (Å²) in [6.45, 7) is 15.5. The molecular weight excluding hydrogens is 480 g/mol. The number of hydrogen-bond donors (Lipinski definition) is 1. The van der Waals surface area contributed by atoms with Crippen molar-refractivity contribution >= 4 is 25.3 Å². The summed E-state index contributed by atoms with van der Waals surface area (Å²) in [5.74, 6) is 0.0333. The molecule has 8 heteroatoms. The van der Waals surface area contributed by atoms with Crippen LogP contribution in [0.3, 0.4) is 0 Å². The van der Waals surface area contributed by atoms with Gasteiger partial charge in [0.15, 0.2) is 13.9 Å². The van der Waals surface area contributed by atoms with Crippen molar-refractivity contribution in [2.24, 2.45) is 5.73 Å². The minimum Gasteiger partial charge on any atom is -0.436 e. The number of aryl methyl sites for hydroxylation is 1. The molecule has 0 bridgehead atoms. The Morgan fingerprint density at radius 3 is 2.46 bits per heavy atom. The van der Waals surface area contributed by atoms with E-state index >= 15 is 0 Å². The van der Waals surface area contributed by atoms with Gasteiger partial charge in [-0.15, -0.1) is 0 Å². The van der Waals surface area contributed by atoms with Gasteiger partial charge in [-0.1, -0.05) is 50.6 Å². The largest absolute Gasteiger partial charge is 0.436 e. The molecule has 1 amide bonds. The van der Waals surface area contributed by atoms with Gasteiger partial charge in [-0.3, -0.25) is 4.79 Å². The highest BCUT2D eigenvalue weighted by Gasteiger charge is 2.38. The van der Waals surface area contributed by atoms with Crippen molar-refractivity contribution in [3.63, 3.8) is 0 Å². The lowest BCUT2D eigenvalue weighted by atomic mass is 9.99. The van der Waals surface area contributed by atoms with Gasteiger partial charge in [-0.25, -0.2) is 9.97 Å². The van der Waals surface area contributed by atoms with E-state index < -0.39 is 14.2 Å². The van der Waals surface area contributed by atoms with Gasteiger partial charge >= 0.3 is 0 Å². The molecule has 1 unspecified atom stereocenters. The smallest absolute Gasteiger partial charge is 0.268 e. The van der Waals surface area contributed by atoms with E-state index in [1.54, 1.807) is 12.5 Å². The molecule has 7 nitrogen and oxygen atoms in total. The van der Waals surface area contributed by atoms with Crippen LogP contribution >= 0.6 is 0 Å². The van der Waals surface area contributed by atoms with E-state index in [9.17, 15) is 4.79 Å². The minimum absolute atomic E-state index is 0.0829. The van der Waals surface area contributed by atoms with E-state index in [1.807, 2.05) is 28.8 Å². The van der Waals surface area contributed by atoms with Crippen LogP contribution in [-0.2, 0) is 4.43 Å². The lowest BCUT2D eigenvalue weighted by Crippen LogP contribution is -2.43. The number of imidazole rings is 1. The number of nitrogens with zero attached hydrogens (tertiary/aromatic N) is 3. The van der Waals surface area contributed by atoms with Gasteiger partial charge in [0.2, 0.25) is 5.89 Å². The molecule has 4 aromatic rings. The molecule has 0 aliphatic heterocycles. The molecule has 0 aliphatic rings. The third kappa shape index (κ3) is 5.86. The van der Waals surface area contributed by atoms with Crippen molar-refractivity contribution in [3.8, 4) is 11.5 Å². The van der Waals surface area contributed by atoms with Crippen molar-refractivity contribution in [2.45, 2.75) is 77.7 Å². The van der Waals surface area contributed by atoms with Gasteiger partial charge in [0.05, 0.1) is 12.4 Å². The molecule has 4 rings (SSSR count). The van der Waals surface area contributed by atoms with Gasteiger partial charge in [0, 0.05) is 23.4 Å². The number of para-hydroxylation sites is 1. The first-order valence-electron chi connectivity index (χ1n) is 12.8. The first-order chi connectivity index (χ1) is 17.4. The van der Waals surface area contributed by atoms with Crippen molar-refractivity contribution in [1.29, 1.82) is 0 Å². The predicted molar refractivity (Wildman–Crippen MR) is 150 cm³/mol. The number of hydrogen-bond acceptors (Lipinski definition) is 5. The molecule has 0 saturated carbocycles. The Bertz CT molecular complexity index is 1380. The zero-order chi connectivity index (χ0) is 27.0. The van der Waals surface area contributed by atoms with Crippen LogP contribution in [-0.4, -0.2) is 34.9 Å². The van der Waals surface area contributed by atoms with Crippen molar-refractivity contribution in [1.82, 2.24) is 14.5 Å². The van der Waals surface area contributed by atoms with Crippen LogP contribution in [0.4, 0.5) is 0 Å². The monoisotopic (exact) mass is 518 g/mol. The molecule has 0 aliphatic carbocycles. The predicted octanol–water partition coefficient (Wildman–Crippen LogP) is 6.88. The first kappa shape index (κ1) is 26.8. The maximum absolute atomic E-state index is 11.8. The molecule has 2 atom stereocenters. The highest BCUT2D eigenvalue weighted by atomic mass is 28.4. The molecule has 0 fully saturated rings. The second-order valence-electron chi connectivity index (χ2n) is 11.4. The fourth-order valence-corrected chi connectivity index (χ4v) is 5.76. The fraction of sp³-hybridized carbons (Fsp3) is 0.414. The number of carbonyl (C=O) groups excluding carboxylic acids is 1. The molecule has 0 radical (unpaired) electrons. The zero-order valence-electron chi connectivity index (χ0n) is 22.9. The standard InChI is InChI=1S/C29H38N4O3Si/c1-19-11-14-21(15-12-19)28-32-23-10-8-9-22(26(23)35-28)25(33-17-24(27(30)34)31-18-33)16-13-20(2)36-37(6,7)29(3,4)5/h8-12,14-15,17-18,20,25H,13,16H2,1-7H3,(H2,30,34)/t20-,25?/m0/s1. The number of amides is 1. The Morgan fingerprint density at radius 1 is 1.14 bits per heavy atom. The first-order valence-corrected chi connectivity index (χ1v) is 15.7. The highest BCUT2D eigenvalue weighted by Crippen LogP contribution is 2.39. The van der Waals surface area contributed by atoms with Gasteiger partial charge in [-0.05, 0) is 63.0 Å². The Kier molecular flexibility index (Phi) is 7.44. The maximum atomic E-state index is 11.8. The van der Waals surface area contributed by atoms with Crippen molar-refractivity contribution < 1.29 is 13.6 Å². The molecule has 196 valence electrons. The molecule has 2 aromatic heterocycles. The lowest BCUT2D eigenvalue weighted by molar-refractivity contribution is 0.0996. The molecule has 37 heavy (non-hydrogen) atoms. The average molecular weight is 519 g/mol. The van der Waals surface area contributed by atoms with Crippen molar-refractivity contribution in [3.05, 3.63) is 71.8 Å². The quantitative estimate of drug-likeness (QED) is 0.244. The number of aromatic nitrogens is 3. The van der Waals surface area contributed by atoms with Crippen LogP contribution < -0.4 is 5.73 Å². The average Bonchev–Trinajstić information content (AvgIpc) is 3.47. The molecular formula is C29H38N4O3Si. The Hall–Kier alpha value is -3.23. The lowest BCUT2D eigenvalue weighted by Gasteiger charge is -2.38. The number of primary amides is 1. The summed E-state index contributed by atoms with van der Waals surface area (Å²) in [6.07, 6.45) is 5.06. The second kappa shape index (κ2) is 10.3. The highest BCUT2D eigenvalue weighted by molar-refractivity contribution is 6.74. The van der Waals surface area contributed by atoms with Gasteiger partial charge in [0.25, 0.3) is 5.91 Å². The van der Waals surface area contributed by atoms with Crippen LogP contribution in [0.2, 0.25) is 18.1 Å². The molecule has 2 aromatic carbocycles. The third-order valence-corrected chi connectivity index (χ3v) is 12.1. The normalized spacial score (nSPS) is 14.1. The number of oxazole rings is 1. The summed E-state index contributed by atoms with van der Waals surface area (Å²) >= 11 is 0. The van der Waals surface area contributed by atoms with Crippen LogP contribution in [0.1, 0.15) is 68.2 Å². The van der Waals surface area contributed by atoms with Crippen molar-refractivity contribution in [2.75, 3.05) is 0 Å². The number of benzene rings is 2. The molecule has 2 N–H and O–H groups in total. The van der Waals surface area contributed by atoms with Crippen LogP contribution in [0.5, 0.6) is 0 Å². The number of nitrogens with two attached hydrogens (primary N) is 1. The fourth-order valence-electron chi connectivity index (χ4n) is 4.28. The van der Waals surface area contributed by atoms with Gasteiger partial charge in [0.1, 0.15) is 11.2 Å². The summed E-state index contributed by atoms with van der Waals surface area (Å²) in [5.41, 5.74) is 10.4. The SMILES string of the molecule is Cc1ccc(-c2nc3cccc(C(CC[C@H](C)O[Si](C)(C)C(C)(C)C)n4cnc(C(N)=O)c4)c3o2)cc1. The van der Waals surface area contributed by atoms with E-state index in [0.717, 1.165) is 35.1 Å². The summed E-state index contributed by atoms with van der Waals surface area (Å²) in [4.78, 5) is 20.8. The topological polar surface area (TPSA) is 96.2 Å². The van der Waals surface area contributed by atoms with Gasteiger partial charge in [-0.2, -0.15) is 0 Å². The third-order valence-electron chi connectivity index (χ3n) is 7.47.